The lowest BCUT2D eigenvalue weighted by atomic mass is 9.95. The molecule has 5 rings (SSSR count). The highest BCUT2D eigenvalue weighted by molar-refractivity contribution is 5.82. The highest BCUT2D eigenvalue weighted by atomic mass is 16.2. The molecule has 3 aliphatic rings. The minimum atomic E-state index is -0.111. The third kappa shape index (κ3) is 3.88. The second-order valence-corrected chi connectivity index (χ2v) is 9.63. The van der Waals surface area contributed by atoms with E-state index >= 15 is 0 Å². The van der Waals surface area contributed by atoms with Gasteiger partial charge in [0.05, 0.1) is 17.7 Å². The Hall–Kier alpha value is -2.63. The van der Waals surface area contributed by atoms with Crippen LogP contribution in [0, 0.1) is 11.8 Å². The molecule has 31 heavy (non-hydrogen) atoms. The van der Waals surface area contributed by atoms with E-state index in [9.17, 15) is 9.59 Å². The van der Waals surface area contributed by atoms with Gasteiger partial charge in [-0.1, -0.05) is 26.0 Å². The summed E-state index contributed by atoms with van der Waals surface area (Å²) in [5.41, 5.74) is 4.71. The Morgan fingerprint density at radius 2 is 2.00 bits per heavy atom. The number of rotatable bonds is 4. The standard InChI is InChI=1S/C25H32N4O2/c1-16(2)25(31)29-12-3-5-19(14-29)24(30)27-21-10-9-17-7-8-18(13-20(17)21)22-15-28-11-4-6-23(28)26-22/h7-8,13,15-16,19,21H,3-6,9-12,14H2,1-2H3,(H,27,30). The molecule has 0 radical (unpaired) electrons. The molecule has 2 amide bonds. The van der Waals surface area contributed by atoms with Crippen LogP contribution in [0.25, 0.3) is 11.3 Å². The molecule has 6 nitrogen and oxygen atoms in total. The zero-order chi connectivity index (χ0) is 21.5. The Labute approximate surface area is 184 Å². The van der Waals surface area contributed by atoms with Crippen LogP contribution in [0.15, 0.2) is 24.4 Å². The van der Waals surface area contributed by atoms with E-state index in [1.54, 1.807) is 0 Å². The normalized spacial score (nSPS) is 22.5. The molecular weight excluding hydrogens is 388 g/mol. The van der Waals surface area contributed by atoms with Gasteiger partial charge in [0.25, 0.3) is 0 Å². The molecule has 1 saturated heterocycles. The maximum absolute atomic E-state index is 13.1. The van der Waals surface area contributed by atoms with E-state index in [1.807, 2.05) is 18.7 Å². The SMILES string of the molecule is CC(C)C(=O)N1CCCC(C(=O)NC2CCc3ccc(-c4cn5c(n4)CCC5)cc32)C1. The molecule has 3 heterocycles. The number of imidazole rings is 1. The van der Waals surface area contributed by atoms with Crippen molar-refractivity contribution in [3.63, 3.8) is 0 Å². The Kier molecular flexibility index (Phi) is 5.32. The fourth-order valence-corrected chi connectivity index (χ4v) is 5.35. The smallest absolute Gasteiger partial charge is 0.225 e. The molecule has 164 valence electrons. The molecule has 2 atom stereocenters. The minimum Gasteiger partial charge on any atom is -0.349 e. The van der Waals surface area contributed by atoms with Crippen molar-refractivity contribution >= 4 is 11.8 Å². The fourth-order valence-electron chi connectivity index (χ4n) is 5.35. The van der Waals surface area contributed by atoms with Crippen molar-refractivity contribution in [3.05, 3.63) is 41.3 Å². The Balaban J connectivity index is 1.29. The van der Waals surface area contributed by atoms with Crippen molar-refractivity contribution in [2.24, 2.45) is 11.8 Å². The Morgan fingerprint density at radius 1 is 1.13 bits per heavy atom. The first-order chi connectivity index (χ1) is 15.0. The third-order valence-electron chi connectivity index (χ3n) is 7.09. The summed E-state index contributed by atoms with van der Waals surface area (Å²) in [6, 6.07) is 6.64. The van der Waals surface area contributed by atoms with E-state index in [-0.39, 0.29) is 29.7 Å². The topological polar surface area (TPSA) is 67.2 Å². The van der Waals surface area contributed by atoms with Crippen LogP contribution in [0.1, 0.15) is 62.5 Å². The number of carbonyl (C=O) groups is 2. The summed E-state index contributed by atoms with van der Waals surface area (Å²) in [6.45, 7) is 6.22. The van der Waals surface area contributed by atoms with Gasteiger partial charge < -0.3 is 14.8 Å². The van der Waals surface area contributed by atoms with Gasteiger partial charge in [-0.25, -0.2) is 4.98 Å². The molecule has 2 unspecified atom stereocenters. The average molecular weight is 421 g/mol. The Bertz CT molecular complexity index is 987. The molecule has 0 saturated carbocycles. The van der Waals surface area contributed by atoms with Gasteiger partial charge >= 0.3 is 0 Å². The summed E-state index contributed by atoms with van der Waals surface area (Å²) >= 11 is 0. The lowest BCUT2D eigenvalue weighted by Gasteiger charge is -2.33. The van der Waals surface area contributed by atoms with Crippen LogP contribution in [-0.4, -0.2) is 39.4 Å². The summed E-state index contributed by atoms with van der Waals surface area (Å²) in [7, 11) is 0. The lowest BCUT2D eigenvalue weighted by Crippen LogP contribution is -2.47. The molecular formula is C25H32N4O2. The van der Waals surface area contributed by atoms with Gasteiger partial charge in [0.15, 0.2) is 0 Å². The number of amides is 2. The van der Waals surface area contributed by atoms with E-state index in [2.05, 4.69) is 34.3 Å². The molecule has 1 fully saturated rings. The van der Waals surface area contributed by atoms with Crippen LogP contribution in [0.2, 0.25) is 0 Å². The molecule has 2 aliphatic heterocycles. The number of piperidine rings is 1. The largest absolute Gasteiger partial charge is 0.349 e. The van der Waals surface area contributed by atoms with Crippen molar-refractivity contribution in [3.8, 4) is 11.3 Å². The number of nitrogens with zero attached hydrogens (tertiary/aromatic N) is 3. The molecule has 0 spiro atoms. The molecule has 1 aromatic carbocycles. The van der Waals surface area contributed by atoms with Crippen LogP contribution in [-0.2, 0) is 29.0 Å². The van der Waals surface area contributed by atoms with Gasteiger partial charge in [-0.3, -0.25) is 9.59 Å². The fraction of sp³-hybridized carbons (Fsp3) is 0.560. The van der Waals surface area contributed by atoms with Crippen LogP contribution >= 0.6 is 0 Å². The number of likely N-dealkylation sites (tertiary alicyclic amines) is 1. The van der Waals surface area contributed by atoms with Gasteiger partial charge in [-0.2, -0.15) is 0 Å². The quantitative estimate of drug-likeness (QED) is 0.823. The summed E-state index contributed by atoms with van der Waals surface area (Å²) in [5.74, 6) is 1.29. The second-order valence-electron chi connectivity index (χ2n) is 9.63. The number of carbonyl (C=O) groups excluding carboxylic acids is 2. The first-order valence-corrected chi connectivity index (χ1v) is 11.8. The molecule has 0 bridgehead atoms. The predicted octanol–water partition coefficient (Wildman–Crippen LogP) is 3.49. The van der Waals surface area contributed by atoms with Crippen molar-refractivity contribution in [2.75, 3.05) is 13.1 Å². The highest BCUT2D eigenvalue weighted by Crippen LogP contribution is 2.35. The first-order valence-electron chi connectivity index (χ1n) is 11.8. The zero-order valence-corrected chi connectivity index (χ0v) is 18.6. The molecule has 2 aromatic rings. The van der Waals surface area contributed by atoms with Gasteiger partial charge in [0.1, 0.15) is 5.82 Å². The monoisotopic (exact) mass is 420 g/mol. The molecule has 1 N–H and O–H groups in total. The third-order valence-corrected chi connectivity index (χ3v) is 7.09. The number of hydrogen-bond donors (Lipinski definition) is 1. The van der Waals surface area contributed by atoms with Gasteiger partial charge in [0.2, 0.25) is 11.8 Å². The van der Waals surface area contributed by atoms with E-state index in [0.29, 0.717) is 6.54 Å². The van der Waals surface area contributed by atoms with Crippen LogP contribution in [0.5, 0.6) is 0 Å². The number of fused-ring (bicyclic) bond motifs is 2. The van der Waals surface area contributed by atoms with Gasteiger partial charge in [-0.15, -0.1) is 0 Å². The first kappa shape index (κ1) is 20.3. The van der Waals surface area contributed by atoms with E-state index < -0.39 is 0 Å². The van der Waals surface area contributed by atoms with Gasteiger partial charge in [0, 0.05) is 43.7 Å². The van der Waals surface area contributed by atoms with Crippen molar-refractivity contribution in [1.29, 1.82) is 0 Å². The van der Waals surface area contributed by atoms with Crippen LogP contribution in [0.4, 0.5) is 0 Å². The van der Waals surface area contributed by atoms with E-state index in [0.717, 1.165) is 56.5 Å². The maximum atomic E-state index is 13.1. The van der Waals surface area contributed by atoms with Crippen LogP contribution < -0.4 is 5.32 Å². The number of hydrogen-bond acceptors (Lipinski definition) is 3. The van der Waals surface area contributed by atoms with Gasteiger partial charge in [-0.05, 0) is 49.3 Å². The van der Waals surface area contributed by atoms with Crippen molar-refractivity contribution in [1.82, 2.24) is 19.8 Å². The zero-order valence-electron chi connectivity index (χ0n) is 18.6. The summed E-state index contributed by atoms with van der Waals surface area (Å²) < 4.78 is 2.26. The number of aryl methyl sites for hydroxylation is 3. The van der Waals surface area contributed by atoms with Crippen molar-refractivity contribution in [2.45, 2.75) is 65.0 Å². The number of aromatic nitrogens is 2. The van der Waals surface area contributed by atoms with E-state index in [4.69, 9.17) is 4.98 Å². The summed E-state index contributed by atoms with van der Waals surface area (Å²) in [6.07, 6.45) is 8.08. The predicted molar refractivity (Wildman–Crippen MR) is 119 cm³/mol. The second kappa shape index (κ2) is 8.13. The highest BCUT2D eigenvalue weighted by Gasteiger charge is 2.32. The Morgan fingerprint density at radius 3 is 2.81 bits per heavy atom. The number of benzene rings is 1. The molecule has 1 aromatic heterocycles. The summed E-state index contributed by atoms with van der Waals surface area (Å²) in [4.78, 5) is 32.2. The minimum absolute atomic E-state index is 0.0220. The molecule has 1 aliphatic carbocycles. The van der Waals surface area contributed by atoms with Crippen LogP contribution in [0.3, 0.4) is 0 Å². The lowest BCUT2D eigenvalue weighted by molar-refractivity contribution is -0.138. The van der Waals surface area contributed by atoms with E-state index in [1.165, 1.54) is 23.4 Å². The maximum Gasteiger partial charge on any atom is 0.225 e. The molecule has 6 heteroatoms. The average Bonchev–Trinajstić information content (AvgIpc) is 3.48. The number of nitrogens with one attached hydrogen (secondary N) is 1. The van der Waals surface area contributed by atoms with Crippen molar-refractivity contribution < 1.29 is 9.59 Å². The summed E-state index contributed by atoms with van der Waals surface area (Å²) in [5, 5.41) is 3.31.